The highest BCUT2D eigenvalue weighted by atomic mass is 19.1. The molecule has 1 amide bonds. The van der Waals surface area contributed by atoms with Crippen LogP contribution >= 0.6 is 0 Å². The maximum absolute atomic E-state index is 12.9. The van der Waals surface area contributed by atoms with Gasteiger partial charge in [-0.1, -0.05) is 12.1 Å². The van der Waals surface area contributed by atoms with Gasteiger partial charge in [0, 0.05) is 24.2 Å². The van der Waals surface area contributed by atoms with E-state index in [2.05, 4.69) is 5.32 Å². The molecule has 0 heterocycles. The lowest BCUT2D eigenvalue weighted by Gasteiger charge is -2.14. The number of nitrogens with one attached hydrogen (secondary N) is 1. The van der Waals surface area contributed by atoms with Gasteiger partial charge in [0.1, 0.15) is 5.82 Å². The molecule has 0 unspecified atom stereocenters. The van der Waals surface area contributed by atoms with Gasteiger partial charge in [0.15, 0.2) is 11.5 Å². The molecule has 0 saturated carbocycles. The van der Waals surface area contributed by atoms with Crippen LogP contribution in [0.4, 0.5) is 10.1 Å². The van der Waals surface area contributed by atoms with Crippen molar-refractivity contribution in [2.75, 3.05) is 26.6 Å². The molecule has 128 valence electrons. The van der Waals surface area contributed by atoms with Crippen LogP contribution < -0.4 is 19.5 Å². The van der Waals surface area contributed by atoms with E-state index in [1.807, 2.05) is 0 Å². The second kappa shape index (κ2) is 8.19. The van der Waals surface area contributed by atoms with Gasteiger partial charge in [0.2, 0.25) is 11.7 Å². The number of hydrogen-bond acceptors (Lipinski definition) is 4. The van der Waals surface area contributed by atoms with Gasteiger partial charge < -0.3 is 19.5 Å². The molecule has 2 aromatic carbocycles. The lowest BCUT2D eigenvalue weighted by atomic mass is 10.1. The van der Waals surface area contributed by atoms with E-state index >= 15 is 0 Å². The Morgan fingerprint density at radius 1 is 1.00 bits per heavy atom. The summed E-state index contributed by atoms with van der Waals surface area (Å²) in [4.78, 5) is 12.1. The normalized spacial score (nSPS) is 10.2. The third kappa shape index (κ3) is 4.38. The first-order valence-corrected chi connectivity index (χ1v) is 7.41. The zero-order valence-corrected chi connectivity index (χ0v) is 13.9. The van der Waals surface area contributed by atoms with E-state index in [0.717, 1.165) is 5.56 Å². The second-order valence-electron chi connectivity index (χ2n) is 5.09. The highest BCUT2D eigenvalue weighted by Gasteiger charge is 2.14. The number of benzene rings is 2. The number of carbonyl (C=O) groups is 1. The Hall–Kier alpha value is -2.76. The molecule has 6 heteroatoms. The summed E-state index contributed by atoms with van der Waals surface area (Å²) in [7, 11) is 4.54. The van der Waals surface area contributed by atoms with Crippen molar-refractivity contribution in [2.24, 2.45) is 0 Å². The highest BCUT2D eigenvalue weighted by Crippen LogP contribution is 2.39. The molecule has 0 atom stereocenters. The Bertz CT molecular complexity index is 676. The fourth-order valence-electron chi connectivity index (χ4n) is 2.29. The van der Waals surface area contributed by atoms with Gasteiger partial charge in [0.25, 0.3) is 0 Å². The number of anilines is 1. The summed E-state index contributed by atoms with van der Waals surface area (Å²) < 4.78 is 28.6. The minimum Gasteiger partial charge on any atom is -0.493 e. The van der Waals surface area contributed by atoms with Crippen LogP contribution in [0.2, 0.25) is 0 Å². The molecule has 0 aliphatic heterocycles. The summed E-state index contributed by atoms with van der Waals surface area (Å²) >= 11 is 0. The van der Waals surface area contributed by atoms with Crippen molar-refractivity contribution in [1.29, 1.82) is 0 Å². The molecule has 0 aliphatic rings. The summed E-state index contributed by atoms with van der Waals surface area (Å²) in [6, 6.07) is 9.43. The van der Waals surface area contributed by atoms with Gasteiger partial charge in [-0.25, -0.2) is 4.39 Å². The van der Waals surface area contributed by atoms with Crippen molar-refractivity contribution in [3.8, 4) is 17.2 Å². The van der Waals surface area contributed by atoms with Crippen LogP contribution in [0.1, 0.15) is 12.0 Å². The zero-order chi connectivity index (χ0) is 17.5. The smallest absolute Gasteiger partial charge is 0.224 e. The largest absolute Gasteiger partial charge is 0.493 e. The number of rotatable bonds is 7. The molecule has 0 aromatic heterocycles. The van der Waals surface area contributed by atoms with Crippen LogP contribution in [-0.4, -0.2) is 27.2 Å². The molecule has 0 radical (unpaired) electrons. The van der Waals surface area contributed by atoms with Crippen LogP contribution in [0, 0.1) is 5.82 Å². The summed E-state index contributed by atoms with van der Waals surface area (Å²) in [5.74, 6) is 0.940. The average Bonchev–Trinajstić information content (AvgIpc) is 2.60. The van der Waals surface area contributed by atoms with E-state index in [1.54, 1.807) is 24.3 Å². The molecule has 0 bridgehead atoms. The Morgan fingerprint density at radius 3 is 2.08 bits per heavy atom. The van der Waals surface area contributed by atoms with E-state index < -0.39 is 0 Å². The Kier molecular flexibility index (Phi) is 6.01. The fourth-order valence-corrected chi connectivity index (χ4v) is 2.29. The molecule has 0 aliphatic carbocycles. The number of halogens is 1. The van der Waals surface area contributed by atoms with Crippen molar-refractivity contribution in [3.63, 3.8) is 0 Å². The molecule has 24 heavy (non-hydrogen) atoms. The van der Waals surface area contributed by atoms with E-state index in [0.29, 0.717) is 29.4 Å². The molecule has 1 N–H and O–H groups in total. The van der Waals surface area contributed by atoms with Crippen LogP contribution in [-0.2, 0) is 11.2 Å². The molecule has 0 spiro atoms. The number of hydrogen-bond donors (Lipinski definition) is 1. The molecule has 0 saturated heterocycles. The Morgan fingerprint density at radius 2 is 1.58 bits per heavy atom. The fraction of sp³-hybridized carbons (Fsp3) is 0.278. The van der Waals surface area contributed by atoms with Gasteiger partial charge in [-0.3, -0.25) is 4.79 Å². The van der Waals surface area contributed by atoms with Crippen molar-refractivity contribution in [3.05, 3.63) is 47.8 Å². The van der Waals surface area contributed by atoms with Gasteiger partial charge in [-0.2, -0.15) is 0 Å². The number of methoxy groups -OCH3 is 3. The molecule has 2 rings (SSSR count). The van der Waals surface area contributed by atoms with Crippen molar-refractivity contribution >= 4 is 11.6 Å². The molecular formula is C18H20FNO4. The van der Waals surface area contributed by atoms with Gasteiger partial charge in [0.05, 0.1) is 21.3 Å². The number of carbonyl (C=O) groups excluding carboxylic acids is 1. The molecule has 5 nitrogen and oxygen atoms in total. The Labute approximate surface area is 140 Å². The first kappa shape index (κ1) is 17.6. The van der Waals surface area contributed by atoms with Gasteiger partial charge in [-0.15, -0.1) is 0 Å². The quantitative estimate of drug-likeness (QED) is 0.843. The SMILES string of the molecule is COc1cc(NC(=O)CCc2ccc(F)cc2)cc(OC)c1OC. The number of ether oxygens (including phenoxy) is 3. The Balaban J connectivity index is 2.04. The van der Waals surface area contributed by atoms with Crippen LogP contribution in [0.3, 0.4) is 0 Å². The topological polar surface area (TPSA) is 56.8 Å². The molecule has 2 aromatic rings. The van der Waals surface area contributed by atoms with Gasteiger partial charge >= 0.3 is 0 Å². The first-order chi connectivity index (χ1) is 11.6. The predicted molar refractivity (Wildman–Crippen MR) is 89.4 cm³/mol. The van der Waals surface area contributed by atoms with Crippen LogP contribution in [0.15, 0.2) is 36.4 Å². The number of aryl methyl sites for hydroxylation is 1. The highest BCUT2D eigenvalue weighted by molar-refractivity contribution is 5.91. The third-order valence-electron chi connectivity index (χ3n) is 3.50. The van der Waals surface area contributed by atoms with E-state index in [4.69, 9.17) is 14.2 Å². The minimum absolute atomic E-state index is 0.159. The monoisotopic (exact) mass is 333 g/mol. The minimum atomic E-state index is -0.291. The number of amides is 1. The van der Waals surface area contributed by atoms with Crippen molar-refractivity contribution in [2.45, 2.75) is 12.8 Å². The van der Waals surface area contributed by atoms with Crippen molar-refractivity contribution in [1.82, 2.24) is 0 Å². The van der Waals surface area contributed by atoms with E-state index in [-0.39, 0.29) is 18.1 Å². The second-order valence-corrected chi connectivity index (χ2v) is 5.09. The van der Waals surface area contributed by atoms with Crippen LogP contribution in [0.5, 0.6) is 17.2 Å². The van der Waals surface area contributed by atoms with E-state index in [1.165, 1.54) is 33.5 Å². The summed E-state index contributed by atoms with van der Waals surface area (Å²) in [5.41, 5.74) is 1.45. The van der Waals surface area contributed by atoms with Gasteiger partial charge in [-0.05, 0) is 24.1 Å². The maximum atomic E-state index is 12.9. The standard InChI is InChI=1S/C18H20FNO4/c1-22-15-10-14(11-16(23-2)18(15)24-3)20-17(21)9-6-12-4-7-13(19)8-5-12/h4-5,7-8,10-11H,6,9H2,1-3H3,(H,20,21). The third-order valence-corrected chi connectivity index (χ3v) is 3.50. The van der Waals surface area contributed by atoms with Crippen molar-refractivity contribution < 1.29 is 23.4 Å². The van der Waals surface area contributed by atoms with Crippen LogP contribution in [0.25, 0.3) is 0 Å². The summed E-state index contributed by atoms with van der Waals surface area (Å²) in [6.07, 6.45) is 0.804. The predicted octanol–water partition coefficient (Wildman–Crippen LogP) is 3.42. The molecular weight excluding hydrogens is 313 g/mol. The lowest BCUT2D eigenvalue weighted by Crippen LogP contribution is -2.12. The maximum Gasteiger partial charge on any atom is 0.224 e. The zero-order valence-electron chi connectivity index (χ0n) is 13.9. The lowest BCUT2D eigenvalue weighted by molar-refractivity contribution is -0.116. The summed E-state index contributed by atoms with van der Waals surface area (Å²) in [5, 5.41) is 2.80. The average molecular weight is 333 g/mol. The molecule has 0 fully saturated rings. The van der Waals surface area contributed by atoms with E-state index in [9.17, 15) is 9.18 Å². The first-order valence-electron chi connectivity index (χ1n) is 7.41. The summed E-state index contributed by atoms with van der Waals surface area (Å²) in [6.45, 7) is 0.